The van der Waals surface area contributed by atoms with Crippen LogP contribution in [0.2, 0.25) is 0 Å². The molecule has 0 unspecified atom stereocenters. The number of ether oxygens (including phenoxy) is 1. The van der Waals surface area contributed by atoms with Crippen molar-refractivity contribution in [2.24, 2.45) is 0 Å². The van der Waals surface area contributed by atoms with Crippen molar-refractivity contribution < 1.29 is 4.74 Å². The maximum Gasteiger partial charge on any atom is 0.119 e. The standard InChI is InChI=1S/C14H23NO/c1-6-16-13-9-7-8-12(10-13)11(2)15-14(3,4)5/h7-11,15H,6H2,1-5H3/t11-/m0/s1. The van der Waals surface area contributed by atoms with Gasteiger partial charge in [0.2, 0.25) is 0 Å². The molecule has 0 heterocycles. The SMILES string of the molecule is CCOc1cccc([C@H](C)NC(C)(C)C)c1. The predicted molar refractivity (Wildman–Crippen MR) is 68.9 cm³/mol. The monoisotopic (exact) mass is 221 g/mol. The first-order valence-electron chi connectivity index (χ1n) is 5.93. The van der Waals surface area contributed by atoms with Crippen LogP contribution in [0.3, 0.4) is 0 Å². The summed E-state index contributed by atoms with van der Waals surface area (Å²) in [5.74, 6) is 0.947. The number of benzene rings is 1. The Morgan fingerprint density at radius 2 is 2.00 bits per heavy atom. The Morgan fingerprint density at radius 1 is 1.31 bits per heavy atom. The van der Waals surface area contributed by atoms with Crippen LogP contribution in [0.5, 0.6) is 5.75 Å². The zero-order valence-corrected chi connectivity index (χ0v) is 11.0. The molecule has 1 rings (SSSR count). The van der Waals surface area contributed by atoms with E-state index in [1.807, 2.05) is 19.1 Å². The normalized spacial score (nSPS) is 13.6. The Morgan fingerprint density at radius 3 is 2.56 bits per heavy atom. The molecule has 16 heavy (non-hydrogen) atoms. The quantitative estimate of drug-likeness (QED) is 0.839. The fraction of sp³-hybridized carbons (Fsp3) is 0.571. The molecule has 2 nitrogen and oxygen atoms in total. The molecular weight excluding hydrogens is 198 g/mol. The van der Waals surface area contributed by atoms with Gasteiger partial charge in [0, 0.05) is 11.6 Å². The second-order valence-corrected chi connectivity index (χ2v) is 5.12. The minimum Gasteiger partial charge on any atom is -0.494 e. The van der Waals surface area contributed by atoms with Gasteiger partial charge in [0.05, 0.1) is 6.61 Å². The lowest BCUT2D eigenvalue weighted by molar-refractivity contribution is 0.337. The molecule has 1 N–H and O–H groups in total. The van der Waals surface area contributed by atoms with Crippen molar-refractivity contribution in [3.63, 3.8) is 0 Å². The van der Waals surface area contributed by atoms with Crippen molar-refractivity contribution >= 4 is 0 Å². The molecule has 0 saturated carbocycles. The molecule has 1 atom stereocenters. The van der Waals surface area contributed by atoms with Gasteiger partial charge in [-0.25, -0.2) is 0 Å². The Bertz CT molecular complexity index is 328. The highest BCUT2D eigenvalue weighted by molar-refractivity contribution is 5.30. The van der Waals surface area contributed by atoms with E-state index in [9.17, 15) is 0 Å². The molecule has 1 aromatic carbocycles. The predicted octanol–water partition coefficient (Wildman–Crippen LogP) is 3.53. The zero-order valence-electron chi connectivity index (χ0n) is 11.0. The molecular formula is C14H23NO. The van der Waals surface area contributed by atoms with Gasteiger partial charge in [-0.1, -0.05) is 12.1 Å². The van der Waals surface area contributed by atoms with Crippen molar-refractivity contribution in [3.8, 4) is 5.75 Å². The first-order chi connectivity index (χ1) is 7.42. The Labute approximate surface area is 99.0 Å². The van der Waals surface area contributed by atoms with E-state index in [0.717, 1.165) is 5.75 Å². The van der Waals surface area contributed by atoms with Gasteiger partial charge in [-0.2, -0.15) is 0 Å². The molecule has 0 amide bonds. The maximum absolute atomic E-state index is 5.50. The van der Waals surface area contributed by atoms with Crippen molar-refractivity contribution in [2.75, 3.05) is 6.61 Å². The molecule has 1 aromatic rings. The van der Waals surface area contributed by atoms with Crippen molar-refractivity contribution in [3.05, 3.63) is 29.8 Å². The molecule has 0 bridgehead atoms. The molecule has 0 aliphatic carbocycles. The molecule has 0 radical (unpaired) electrons. The molecule has 0 saturated heterocycles. The minimum atomic E-state index is 0.126. The number of hydrogen-bond acceptors (Lipinski definition) is 2. The van der Waals surface area contributed by atoms with Crippen LogP contribution in [0.25, 0.3) is 0 Å². The van der Waals surface area contributed by atoms with Crippen molar-refractivity contribution in [1.82, 2.24) is 5.32 Å². The second-order valence-electron chi connectivity index (χ2n) is 5.12. The summed E-state index contributed by atoms with van der Waals surface area (Å²) in [7, 11) is 0. The fourth-order valence-electron chi connectivity index (χ4n) is 1.77. The summed E-state index contributed by atoms with van der Waals surface area (Å²) in [5.41, 5.74) is 1.39. The van der Waals surface area contributed by atoms with Gasteiger partial charge >= 0.3 is 0 Å². The summed E-state index contributed by atoms with van der Waals surface area (Å²) in [6.07, 6.45) is 0. The third-order valence-corrected chi connectivity index (χ3v) is 2.32. The summed E-state index contributed by atoms with van der Waals surface area (Å²) < 4.78 is 5.50. The van der Waals surface area contributed by atoms with E-state index in [-0.39, 0.29) is 5.54 Å². The van der Waals surface area contributed by atoms with Gasteiger partial charge in [-0.15, -0.1) is 0 Å². The Hall–Kier alpha value is -1.02. The number of rotatable bonds is 4. The molecule has 0 aromatic heterocycles. The van der Waals surface area contributed by atoms with Gasteiger partial charge < -0.3 is 10.1 Å². The fourth-order valence-corrected chi connectivity index (χ4v) is 1.77. The number of hydrogen-bond donors (Lipinski definition) is 1. The number of nitrogens with one attached hydrogen (secondary N) is 1. The van der Waals surface area contributed by atoms with Crippen LogP contribution in [0.15, 0.2) is 24.3 Å². The first-order valence-corrected chi connectivity index (χ1v) is 5.93. The lowest BCUT2D eigenvalue weighted by Gasteiger charge is -2.26. The summed E-state index contributed by atoms with van der Waals surface area (Å²) in [6, 6.07) is 8.61. The summed E-state index contributed by atoms with van der Waals surface area (Å²) >= 11 is 0. The summed E-state index contributed by atoms with van der Waals surface area (Å²) in [5, 5.41) is 3.55. The van der Waals surface area contributed by atoms with Gasteiger partial charge in [0.1, 0.15) is 5.75 Å². The van der Waals surface area contributed by atoms with E-state index in [0.29, 0.717) is 12.6 Å². The Kier molecular flexibility index (Phi) is 4.36. The van der Waals surface area contributed by atoms with E-state index in [1.54, 1.807) is 0 Å². The molecule has 2 heteroatoms. The van der Waals surface area contributed by atoms with Gasteiger partial charge in [-0.3, -0.25) is 0 Å². The van der Waals surface area contributed by atoms with Crippen LogP contribution in [0, 0.1) is 0 Å². The average molecular weight is 221 g/mol. The van der Waals surface area contributed by atoms with Crippen LogP contribution in [-0.2, 0) is 0 Å². The topological polar surface area (TPSA) is 21.3 Å². The van der Waals surface area contributed by atoms with Crippen LogP contribution >= 0.6 is 0 Å². The van der Waals surface area contributed by atoms with Gasteiger partial charge in [-0.05, 0) is 52.3 Å². The molecule has 0 aliphatic heterocycles. The lowest BCUT2D eigenvalue weighted by Crippen LogP contribution is -2.37. The van der Waals surface area contributed by atoms with Crippen LogP contribution in [0.1, 0.15) is 46.2 Å². The van der Waals surface area contributed by atoms with E-state index in [4.69, 9.17) is 4.74 Å². The minimum absolute atomic E-state index is 0.126. The second kappa shape index (κ2) is 5.35. The summed E-state index contributed by atoms with van der Waals surface area (Å²) in [6.45, 7) is 11.4. The third-order valence-electron chi connectivity index (χ3n) is 2.32. The average Bonchev–Trinajstić information content (AvgIpc) is 2.16. The highest BCUT2D eigenvalue weighted by atomic mass is 16.5. The largest absolute Gasteiger partial charge is 0.494 e. The van der Waals surface area contributed by atoms with E-state index in [1.165, 1.54) is 5.56 Å². The zero-order chi connectivity index (χ0) is 12.2. The van der Waals surface area contributed by atoms with Crippen LogP contribution in [-0.4, -0.2) is 12.1 Å². The van der Waals surface area contributed by atoms with Crippen molar-refractivity contribution in [1.29, 1.82) is 0 Å². The maximum atomic E-state index is 5.50. The van der Waals surface area contributed by atoms with E-state index >= 15 is 0 Å². The molecule has 0 spiro atoms. The van der Waals surface area contributed by atoms with Crippen LogP contribution < -0.4 is 10.1 Å². The molecule has 0 fully saturated rings. The smallest absolute Gasteiger partial charge is 0.119 e. The van der Waals surface area contributed by atoms with Crippen LogP contribution in [0.4, 0.5) is 0 Å². The molecule has 90 valence electrons. The van der Waals surface area contributed by atoms with E-state index in [2.05, 4.69) is 45.1 Å². The highest BCUT2D eigenvalue weighted by Crippen LogP contribution is 2.21. The first kappa shape index (κ1) is 13.0. The molecule has 0 aliphatic rings. The van der Waals surface area contributed by atoms with Crippen molar-refractivity contribution in [2.45, 2.75) is 46.2 Å². The highest BCUT2D eigenvalue weighted by Gasteiger charge is 2.14. The van der Waals surface area contributed by atoms with E-state index < -0.39 is 0 Å². The Balaban J connectivity index is 2.75. The van der Waals surface area contributed by atoms with Gasteiger partial charge in [0.15, 0.2) is 0 Å². The summed E-state index contributed by atoms with van der Waals surface area (Å²) in [4.78, 5) is 0. The third kappa shape index (κ3) is 4.23. The lowest BCUT2D eigenvalue weighted by atomic mass is 10.0. The van der Waals surface area contributed by atoms with Gasteiger partial charge in [0.25, 0.3) is 0 Å².